The number of amides is 1. The summed E-state index contributed by atoms with van der Waals surface area (Å²) in [7, 11) is 1.79. The molecule has 29 heavy (non-hydrogen) atoms. The summed E-state index contributed by atoms with van der Waals surface area (Å²) in [4.78, 5) is 18.8. The Labute approximate surface area is 173 Å². The molecule has 1 amide bonds. The van der Waals surface area contributed by atoms with Gasteiger partial charge in [-0.25, -0.2) is 0 Å². The predicted octanol–water partition coefficient (Wildman–Crippen LogP) is 2.56. The third kappa shape index (κ3) is 6.24. The van der Waals surface area contributed by atoms with Gasteiger partial charge in [0, 0.05) is 50.5 Å². The lowest BCUT2D eigenvalue weighted by molar-refractivity contribution is 0.0953. The van der Waals surface area contributed by atoms with E-state index in [1.165, 1.54) is 11.3 Å². The first-order valence-electron chi connectivity index (χ1n) is 10.3. The van der Waals surface area contributed by atoms with Gasteiger partial charge in [-0.05, 0) is 44.0 Å². The first kappa shape index (κ1) is 20.7. The Morgan fingerprint density at radius 2 is 1.79 bits per heavy atom. The third-order valence-corrected chi connectivity index (χ3v) is 5.12. The highest BCUT2D eigenvalue weighted by Crippen LogP contribution is 2.20. The van der Waals surface area contributed by atoms with Crippen molar-refractivity contribution in [3.63, 3.8) is 0 Å². The molecule has 1 aliphatic rings. The van der Waals surface area contributed by atoms with E-state index < -0.39 is 0 Å². The van der Waals surface area contributed by atoms with Crippen molar-refractivity contribution in [1.82, 2.24) is 16.0 Å². The Morgan fingerprint density at radius 1 is 1.07 bits per heavy atom. The average molecular weight is 394 g/mol. The van der Waals surface area contributed by atoms with Gasteiger partial charge >= 0.3 is 0 Å². The summed E-state index contributed by atoms with van der Waals surface area (Å²) in [6.45, 7) is 5.51. The zero-order valence-electron chi connectivity index (χ0n) is 17.3. The lowest BCUT2D eigenvalue weighted by atomic mass is 10.2. The van der Waals surface area contributed by atoms with E-state index in [-0.39, 0.29) is 5.91 Å². The van der Waals surface area contributed by atoms with Crippen LogP contribution in [0.15, 0.2) is 59.6 Å². The lowest BCUT2D eigenvalue weighted by Gasteiger charge is -2.20. The molecule has 3 rings (SSSR count). The second kappa shape index (κ2) is 10.5. The number of nitrogens with zero attached hydrogens (tertiary/aromatic N) is 2. The zero-order chi connectivity index (χ0) is 20.5. The molecule has 0 bridgehead atoms. The zero-order valence-corrected chi connectivity index (χ0v) is 17.3. The molecule has 154 valence electrons. The minimum Gasteiger partial charge on any atom is -0.369 e. The molecule has 6 nitrogen and oxygen atoms in total. The van der Waals surface area contributed by atoms with Gasteiger partial charge in [0.15, 0.2) is 5.96 Å². The molecule has 1 atom stereocenters. The molecule has 3 N–H and O–H groups in total. The van der Waals surface area contributed by atoms with Gasteiger partial charge in [-0.1, -0.05) is 35.9 Å². The number of carbonyl (C=O) groups is 1. The average Bonchev–Trinajstić information content (AvgIpc) is 3.22. The van der Waals surface area contributed by atoms with Crippen LogP contribution in [0.3, 0.4) is 0 Å². The van der Waals surface area contributed by atoms with Gasteiger partial charge in [-0.3, -0.25) is 9.79 Å². The topological polar surface area (TPSA) is 68.8 Å². The van der Waals surface area contributed by atoms with Gasteiger partial charge in [0.05, 0.1) is 0 Å². The number of anilines is 1. The van der Waals surface area contributed by atoms with Crippen molar-refractivity contribution in [1.29, 1.82) is 0 Å². The number of carbonyl (C=O) groups excluding carboxylic acids is 1. The molecule has 1 saturated heterocycles. The maximum atomic E-state index is 12.0. The van der Waals surface area contributed by atoms with E-state index in [1.54, 1.807) is 7.05 Å². The molecule has 0 aromatic heterocycles. The number of nitrogens with one attached hydrogen (secondary N) is 3. The molecule has 0 aliphatic carbocycles. The van der Waals surface area contributed by atoms with Crippen LogP contribution >= 0.6 is 0 Å². The number of guanidine groups is 1. The molecule has 2 aromatic carbocycles. The van der Waals surface area contributed by atoms with Crippen molar-refractivity contribution in [2.24, 2.45) is 4.99 Å². The van der Waals surface area contributed by atoms with Crippen molar-refractivity contribution in [2.45, 2.75) is 25.8 Å². The highest BCUT2D eigenvalue weighted by Gasteiger charge is 2.23. The Bertz CT molecular complexity index is 804. The molecular formula is C23H31N5O. The van der Waals surface area contributed by atoms with E-state index in [4.69, 9.17) is 0 Å². The quantitative estimate of drug-likeness (QED) is 0.384. The van der Waals surface area contributed by atoms with Crippen LogP contribution in [-0.2, 0) is 0 Å². The van der Waals surface area contributed by atoms with Crippen LogP contribution in [0.1, 0.15) is 28.8 Å². The number of hydrogen-bond acceptors (Lipinski definition) is 3. The summed E-state index contributed by atoms with van der Waals surface area (Å²) in [5.74, 6) is 0.783. The number of aryl methyl sites for hydroxylation is 1. The normalized spacial score (nSPS) is 16.6. The molecule has 0 spiro atoms. The van der Waals surface area contributed by atoms with Crippen molar-refractivity contribution in [3.8, 4) is 0 Å². The first-order chi connectivity index (χ1) is 14.2. The summed E-state index contributed by atoms with van der Waals surface area (Å²) >= 11 is 0. The van der Waals surface area contributed by atoms with Crippen LogP contribution in [0.2, 0.25) is 0 Å². The summed E-state index contributed by atoms with van der Waals surface area (Å²) in [6, 6.07) is 18.4. The van der Waals surface area contributed by atoms with Crippen LogP contribution < -0.4 is 20.9 Å². The van der Waals surface area contributed by atoms with E-state index in [2.05, 4.69) is 57.0 Å². The Morgan fingerprint density at radius 3 is 2.52 bits per heavy atom. The van der Waals surface area contributed by atoms with E-state index in [0.717, 1.165) is 38.4 Å². The van der Waals surface area contributed by atoms with Gasteiger partial charge in [0.1, 0.15) is 0 Å². The molecule has 1 heterocycles. The fourth-order valence-corrected chi connectivity index (χ4v) is 3.44. The van der Waals surface area contributed by atoms with Crippen molar-refractivity contribution in [2.75, 3.05) is 38.1 Å². The molecule has 1 fully saturated rings. The van der Waals surface area contributed by atoms with Gasteiger partial charge in [-0.15, -0.1) is 0 Å². The molecular weight excluding hydrogens is 362 g/mol. The van der Waals surface area contributed by atoms with Crippen LogP contribution in [0, 0.1) is 6.92 Å². The summed E-state index contributed by atoms with van der Waals surface area (Å²) in [5, 5.41) is 9.80. The molecule has 2 aromatic rings. The molecule has 0 saturated carbocycles. The number of benzene rings is 2. The van der Waals surface area contributed by atoms with Gasteiger partial charge in [-0.2, -0.15) is 0 Å². The van der Waals surface area contributed by atoms with E-state index >= 15 is 0 Å². The minimum absolute atomic E-state index is 0.0322. The third-order valence-electron chi connectivity index (χ3n) is 5.12. The van der Waals surface area contributed by atoms with Crippen LogP contribution in [0.4, 0.5) is 5.69 Å². The summed E-state index contributed by atoms with van der Waals surface area (Å²) in [6.07, 6.45) is 1.92. The highest BCUT2D eigenvalue weighted by atomic mass is 16.1. The molecule has 0 radical (unpaired) electrons. The number of aliphatic imine (C=N–C) groups is 1. The van der Waals surface area contributed by atoms with Gasteiger partial charge in [0.25, 0.3) is 5.91 Å². The maximum absolute atomic E-state index is 12.0. The molecule has 1 aliphatic heterocycles. The van der Waals surface area contributed by atoms with Gasteiger partial charge in [0.2, 0.25) is 0 Å². The molecule has 1 unspecified atom stereocenters. The highest BCUT2D eigenvalue weighted by molar-refractivity contribution is 5.94. The second-order valence-electron chi connectivity index (χ2n) is 7.39. The van der Waals surface area contributed by atoms with Crippen LogP contribution in [0.25, 0.3) is 0 Å². The maximum Gasteiger partial charge on any atom is 0.251 e. The van der Waals surface area contributed by atoms with Gasteiger partial charge < -0.3 is 20.9 Å². The smallest absolute Gasteiger partial charge is 0.251 e. The van der Waals surface area contributed by atoms with Crippen molar-refractivity contribution >= 4 is 17.6 Å². The van der Waals surface area contributed by atoms with E-state index in [0.29, 0.717) is 18.2 Å². The SMILES string of the molecule is CN=C(NCCCNC(=O)c1ccccc1)NC1CCN(c2ccc(C)cc2)C1. The summed E-state index contributed by atoms with van der Waals surface area (Å²) < 4.78 is 0. The fraction of sp³-hybridized carbons (Fsp3) is 0.391. The van der Waals surface area contributed by atoms with Crippen LogP contribution in [-0.4, -0.2) is 51.1 Å². The summed E-state index contributed by atoms with van der Waals surface area (Å²) in [5.41, 5.74) is 3.25. The Kier molecular flexibility index (Phi) is 7.50. The predicted molar refractivity (Wildman–Crippen MR) is 120 cm³/mol. The van der Waals surface area contributed by atoms with Crippen molar-refractivity contribution in [3.05, 3.63) is 65.7 Å². The second-order valence-corrected chi connectivity index (χ2v) is 7.39. The van der Waals surface area contributed by atoms with E-state index in [1.807, 2.05) is 30.3 Å². The fourth-order valence-electron chi connectivity index (χ4n) is 3.44. The van der Waals surface area contributed by atoms with Crippen molar-refractivity contribution < 1.29 is 4.79 Å². The van der Waals surface area contributed by atoms with E-state index in [9.17, 15) is 4.79 Å². The first-order valence-corrected chi connectivity index (χ1v) is 10.3. The van der Waals surface area contributed by atoms with Crippen LogP contribution in [0.5, 0.6) is 0 Å². The standard InChI is InChI=1S/C23H31N5O/c1-18-9-11-21(12-10-18)28-16-13-20(17-28)27-23(24-2)26-15-6-14-25-22(29)19-7-4-3-5-8-19/h3-5,7-12,20H,6,13-17H2,1-2H3,(H,25,29)(H2,24,26,27). The minimum atomic E-state index is -0.0322. The molecule has 6 heteroatoms. The largest absolute Gasteiger partial charge is 0.369 e. The number of rotatable bonds is 7. The number of hydrogen-bond donors (Lipinski definition) is 3. The Balaban J connectivity index is 1.34. The Hall–Kier alpha value is -3.02. The monoisotopic (exact) mass is 393 g/mol. The lowest BCUT2D eigenvalue weighted by Crippen LogP contribution is -2.45.